The van der Waals surface area contributed by atoms with E-state index in [0.717, 1.165) is 48.1 Å². The first kappa shape index (κ1) is 34.4. The smallest absolute Gasteiger partial charge is 0.131 e. The summed E-state index contributed by atoms with van der Waals surface area (Å²) in [4.78, 5) is 5.14. The highest BCUT2D eigenvalue weighted by molar-refractivity contribution is 6.00. The molecule has 3 unspecified atom stereocenters. The van der Waals surface area contributed by atoms with E-state index in [2.05, 4.69) is 105 Å². The zero-order valence-electron chi connectivity index (χ0n) is 28.3. The molecule has 0 amide bonds. The molecule has 238 valence electrons. The highest BCUT2D eigenvalue weighted by Crippen LogP contribution is 2.42. The Hall–Kier alpha value is -4.47. The summed E-state index contributed by atoms with van der Waals surface area (Å²) in [5, 5.41) is 0. The molecular formula is C43H51N3. The lowest BCUT2D eigenvalue weighted by atomic mass is 9.78. The predicted octanol–water partition coefficient (Wildman–Crippen LogP) is 10.6. The molecule has 46 heavy (non-hydrogen) atoms. The minimum Gasteiger partial charge on any atom is -0.383 e. The maximum atomic E-state index is 6.72. The normalized spacial score (nSPS) is 20.4. The second-order valence-electron chi connectivity index (χ2n) is 11.7. The second-order valence-corrected chi connectivity index (χ2v) is 11.7. The van der Waals surface area contributed by atoms with E-state index < -0.39 is 0 Å². The summed E-state index contributed by atoms with van der Waals surface area (Å²) in [5.74, 6) is 0.977. The highest BCUT2D eigenvalue weighted by atomic mass is 14.9. The van der Waals surface area contributed by atoms with Gasteiger partial charge in [0.25, 0.3) is 0 Å². The molecule has 3 aliphatic rings. The summed E-state index contributed by atoms with van der Waals surface area (Å²) < 4.78 is 0. The summed E-state index contributed by atoms with van der Waals surface area (Å²) in [6.07, 6.45) is 31.9. The monoisotopic (exact) mass is 609 g/mol. The van der Waals surface area contributed by atoms with Crippen molar-refractivity contribution in [2.75, 3.05) is 0 Å². The topological polar surface area (TPSA) is 64.4 Å². The third kappa shape index (κ3) is 7.84. The molecule has 2 aromatic carbocycles. The van der Waals surface area contributed by atoms with Gasteiger partial charge in [-0.1, -0.05) is 148 Å². The molecule has 3 atom stereocenters. The van der Waals surface area contributed by atoms with Gasteiger partial charge in [-0.05, 0) is 72.9 Å². The molecule has 0 fully saturated rings. The van der Waals surface area contributed by atoms with Gasteiger partial charge in [-0.3, -0.25) is 0 Å². The molecule has 0 aliphatic heterocycles. The number of amidine groups is 1. The van der Waals surface area contributed by atoms with Crippen LogP contribution in [0.25, 0.3) is 11.6 Å². The Morgan fingerprint density at radius 1 is 0.957 bits per heavy atom. The first-order valence-corrected chi connectivity index (χ1v) is 16.8. The van der Waals surface area contributed by atoms with Gasteiger partial charge in [0.15, 0.2) is 0 Å². The van der Waals surface area contributed by atoms with Crippen molar-refractivity contribution < 1.29 is 0 Å². The average molecular weight is 610 g/mol. The van der Waals surface area contributed by atoms with Crippen LogP contribution >= 0.6 is 0 Å². The second kappa shape index (κ2) is 16.7. The number of hydrogen-bond acceptors (Lipinski definition) is 2. The van der Waals surface area contributed by atoms with Gasteiger partial charge in [0.05, 0.1) is 5.69 Å². The van der Waals surface area contributed by atoms with Crippen LogP contribution in [0.3, 0.4) is 0 Å². The van der Waals surface area contributed by atoms with Crippen LogP contribution in [-0.4, -0.2) is 11.9 Å². The van der Waals surface area contributed by atoms with Crippen molar-refractivity contribution in [2.24, 2.45) is 22.4 Å². The number of rotatable bonds is 9. The van der Waals surface area contributed by atoms with Crippen LogP contribution in [0.15, 0.2) is 138 Å². The molecule has 0 aromatic heterocycles. The maximum absolute atomic E-state index is 6.72. The lowest BCUT2D eigenvalue weighted by Gasteiger charge is -2.29. The Balaban J connectivity index is 0.00000235. The summed E-state index contributed by atoms with van der Waals surface area (Å²) in [6, 6.07) is 12.8. The molecule has 5 rings (SSSR count). The van der Waals surface area contributed by atoms with Crippen molar-refractivity contribution in [1.82, 2.24) is 0 Å². The number of hydrogen-bond donors (Lipinski definition) is 2. The fourth-order valence-corrected chi connectivity index (χ4v) is 6.39. The van der Waals surface area contributed by atoms with E-state index in [1.165, 1.54) is 33.4 Å². The van der Waals surface area contributed by atoms with E-state index >= 15 is 0 Å². The molecule has 3 heteroatoms. The Labute approximate surface area is 277 Å². The first-order valence-electron chi connectivity index (χ1n) is 16.8. The van der Waals surface area contributed by atoms with Gasteiger partial charge in [-0.2, -0.15) is 0 Å². The fourth-order valence-electron chi connectivity index (χ4n) is 6.39. The summed E-state index contributed by atoms with van der Waals surface area (Å²) in [6.45, 7) is 14.3. The summed E-state index contributed by atoms with van der Waals surface area (Å²) >= 11 is 0. The number of benzene rings is 2. The minimum atomic E-state index is -0.00667. The van der Waals surface area contributed by atoms with E-state index in [9.17, 15) is 0 Å². The molecule has 3 nitrogen and oxygen atoms in total. The van der Waals surface area contributed by atoms with Crippen LogP contribution in [-0.2, 0) is 6.42 Å². The van der Waals surface area contributed by atoms with Crippen LogP contribution < -0.4 is 11.5 Å². The molecule has 2 aromatic rings. The molecular weight excluding hydrogens is 558 g/mol. The number of aryl methyl sites for hydroxylation is 1. The van der Waals surface area contributed by atoms with Crippen molar-refractivity contribution in [3.63, 3.8) is 0 Å². The molecule has 4 N–H and O–H groups in total. The van der Waals surface area contributed by atoms with Gasteiger partial charge in [-0.15, -0.1) is 0 Å². The summed E-state index contributed by atoms with van der Waals surface area (Å²) in [5.41, 5.74) is 25.2. The van der Waals surface area contributed by atoms with Crippen LogP contribution in [0.5, 0.6) is 0 Å². The minimum absolute atomic E-state index is 0.00667. The van der Waals surface area contributed by atoms with Gasteiger partial charge >= 0.3 is 0 Å². The van der Waals surface area contributed by atoms with Crippen molar-refractivity contribution in [3.05, 3.63) is 160 Å². The number of fused-ring (bicyclic) bond motifs is 1. The van der Waals surface area contributed by atoms with Crippen LogP contribution in [0.4, 0.5) is 5.69 Å². The molecule has 0 spiro atoms. The third-order valence-corrected chi connectivity index (χ3v) is 9.01. The van der Waals surface area contributed by atoms with Crippen molar-refractivity contribution in [3.8, 4) is 0 Å². The Kier molecular flexibility index (Phi) is 12.5. The lowest BCUT2D eigenvalue weighted by molar-refractivity contribution is 0.644. The van der Waals surface area contributed by atoms with Crippen LogP contribution in [0.1, 0.15) is 87.6 Å². The fraction of sp³-hybridized carbons (Fsp3) is 0.279. The zero-order valence-corrected chi connectivity index (χ0v) is 28.3. The standard InChI is InChI=1S/C41H45N3.C2H6/c1-5-8-13-29(7-3)31-20-24-35(25-21-31)41(43)44-40-36(27-26-32-14-9-10-16-38(32)40)28(4)30-18-22-33(23-19-30)37-17-11-15-34(12-6-2)39(37)42;1-2/h5-8,10-13,15-18,20-22,24-28,34,39H,3,9,14,19,23,42H2,1-2,4H3,(H2,43,44);1-2H3/b8-5-,12-6-,29-13+;. The highest BCUT2D eigenvalue weighted by Gasteiger charge is 2.25. The van der Waals surface area contributed by atoms with Crippen LogP contribution in [0.2, 0.25) is 0 Å². The Bertz CT molecular complexity index is 1660. The predicted molar refractivity (Wildman–Crippen MR) is 202 cm³/mol. The van der Waals surface area contributed by atoms with Gasteiger partial charge < -0.3 is 11.5 Å². The van der Waals surface area contributed by atoms with E-state index in [1.54, 1.807) is 0 Å². The Morgan fingerprint density at radius 2 is 1.72 bits per heavy atom. The van der Waals surface area contributed by atoms with Gasteiger partial charge in [0, 0.05) is 29.0 Å². The summed E-state index contributed by atoms with van der Waals surface area (Å²) in [7, 11) is 0. The molecule has 3 aliphatic carbocycles. The largest absolute Gasteiger partial charge is 0.383 e. The van der Waals surface area contributed by atoms with Crippen molar-refractivity contribution in [2.45, 2.75) is 72.3 Å². The van der Waals surface area contributed by atoms with Crippen LogP contribution in [0, 0.1) is 5.92 Å². The third-order valence-electron chi connectivity index (χ3n) is 9.01. The average Bonchev–Trinajstić information content (AvgIpc) is 3.10. The SMILES string of the molecule is C=C/C(=C\C=C/C)c1ccc(C(N)=Nc2c(C(C)C3=CC=C(C4=CC=CC(/C=C\C)C4N)CC3)ccc3c2C=CCC3)cc1.CC. The quantitative estimate of drug-likeness (QED) is 0.129. The van der Waals surface area contributed by atoms with Gasteiger partial charge in [-0.25, -0.2) is 4.99 Å². The van der Waals surface area contributed by atoms with Gasteiger partial charge in [0.1, 0.15) is 5.84 Å². The van der Waals surface area contributed by atoms with E-state index in [1.807, 2.05) is 51.1 Å². The van der Waals surface area contributed by atoms with E-state index in [4.69, 9.17) is 16.5 Å². The molecule has 0 saturated carbocycles. The molecule has 0 heterocycles. The molecule has 0 bridgehead atoms. The number of aliphatic imine (C=N–C) groups is 1. The van der Waals surface area contributed by atoms with Crippen molar-refractivity contribution in [1.29, 1.82) is 0 Å². The number of nitrogens with two attached hydrogens (primary N) is 2. The number of allylic oxidation sites excluding steroid dienone is 12. The van der Waals surface area contributed by atoms with Gasteiger partial charge in [0.2, 0.25) is 0 Å². The molecule has 0 radical (unpaired) electrons. The zero-order chi connectivity index (χ0) is 33.1. The number of nitrogens with zero attached hydrogens (tertiary/aromatic N) is 1. The van der Waals surface area contributed by atoms with Crippen molar-refractivity contribution >= 4 is 23.2 Å². The van der Waals surface area contributed by atoms with E-state index in [-0.39, 0.29) is 17.9 Å². The maximum Gasteiger partial charge on any atom is 0.131 e. The first-order chi connectivity index (χ1) is 22.4. The lowest BCUT2D eigenvalue weighted by Crippen LogP contribution is -2.32. The molecule has 0 saturated heterocycles. The Morgan fingerprint density at radius 3 is 2.39 bits per heavy atom. The van der Waals surface area contributed by atoms with E-state index in [0.29, 0.717) is 5.84 Å².